The molecule has 1 atom stereocenters. The van der Waals surface area contributed by atoms with E-state index in [-0.39, 0.29) is 12.1 Å². The zero-order valence-corrected chi connectivity index (χ0v) is 11.5. The highest BCUT2D eigenvalue weighted by atomic mass is 16.5. The minimum atomic E-state index is 0.0175. The second-order valence-electron chi connectivity index (χ2n) is 4.68. The third kappa shape index (κ3) is 3.38. The first-order valence-corrected chi connectivity index (χ1v) is 6.58. The molecule has 2 rings (SSSR count). The first kappa shape index (κ1) is 13.7. The van der Waals surface area contributed by atoms with E-state index in [1.807, 2.05) is 36.2 Å². The second kappa shape index (κ2) is 6.43. The van der Waals surface area contributed by atoms with Gasteiger partial charge in [0.05, 0.1) is 13.2 Å². The Kier molecular flexibility index (Phi) is 4.63. The predicted molar refractivity (Wildman–Crippen MR) is 74.4 cm³/mol. The minimum Gasteiger partial charge on any atom is -0.497 e. The molecule has 0 spiro atoms. The molecule has 1 aliphatic rings. The summed E-state index contributed by atoms with van der Waals surface area (Å²) in [6.45, 7) is 2.43. The van der Waals surface area contributed by atoms with Gasteiger partial charge >= 0.3 is 6.03 Å². The van der Waals surface area contributed by atoms with Gasteiger partial charge in [0.25, 0.3) is 0 Å². The normalized spacial score (nSPS) is 18.5. The molecule has 5 nitrogen and oxygen atoms in total. The summed E-state index contributed by atoms with van der Waals surface area (Å²) < 4.78 is 5.21. The van der Waals surface area contributed by atoms with Gasteiger partial charge in [-0.15, -0.1) is 0 Å². The van der Waals surface area contributed by atoms with E-state index >= 15 is 0 Å². The second-order valence-corrected chi connectivity index (χ2v) is 4.68. The summed E-state index contributed by atoms with van der Waals surface area (Å²) in [6.07, 6.45) is 0.967. The Hall–Kier alpha value is -1.75. The first-order valence-electron chi connectivity index (χ1n) is 6.58. The zero-order chi connectivity index (χ0) is 13.7. The van der Waals surface area contributed by atoms with Crippen molar-refractivity contribution < 1.29 is 9.53 Å². The van der Waals surface area contributed by atoms with Gasteiger partial charge in [-0.2, -0.15) is 0 Å². The van der Waals surface area contributed by atoms with Crippen molar-refractivity contribution in [2.75, 3.05) is 33.8 Å². The summed E-state index contributed by atoms with van der Waals surface area (Å²) >= 11 is 0. The fraction of sp³-hybridized carbons (Fsp3) is 0.500. The van der Waals surface area contributed by atoms with Crippen LogP contribution in [0.5, 0.6) is 5.75 Å². The van der Waals surface area contributed by atoms with E-state index in [1.165, 1.54) is 0 Å². The molecule has 1 fully saturated rings. The van der Waals surface area contributed by atoms with Gasteiger partial charge in [-0.05, 0) is 37.7 Å². The third-order valence-corrected chi connectivity index (χ3v) is 3.34. The number of carbonyl (C=O) groups excluding carboxylic acids is 1. The van der Waals surface area contributed by atoms with E-state index in [9.17, 15) is 4.79 Å². The maximum Gasteiger partial charge on any atom is 0.318 e. The molecule has 1 aromatic rings. The van der Waals surface area contributed by atoms with Crippen LogP contribution >= 0.6 is 0 Å². The van der Waals surface area contributed by atoms with Crippen molar-refractivity contribution in [2.24, 2.45) is 0 Å². The summed E-state index contributed by atoms with van der Waals surface area (Å²) in [5, 5.41) is 6.10. The van der Waals surface area contributed by atoms with Crippen molar-refractivity contribution in [1.82, 2.24) is 15.5 Å². The van der Waals surface area contributed by atoms with E-state index in [0.29, 0.717) is 0 Å². The zero-order valence-electron chi connectivity index (χ0n) is 11.5. The van der Waals surface area contributed by atoms with Gasteiger partial charge in [0.1, 0.15) is 5.75 Å². The van der Waals surface area contributed by atoms with Gasteiger partial charge in [-0.25, -0.2) is 4.79 Å². The van der Waals surface area contributed by atoms with Crippen molar-refractivity contribution in [3.8, 4) is 5.75 Å². The Morgan fingerprint density at radius 3 is 3.11 bits per heavy atom. The number of hydrogen-bond donors (Lipinski definition) is 2. The molecule has 19 heavy (non-hydrogen) atoms. The maximum absolute atomic E-state index is 11.9. The largest absolute Gasteiger partial charge is 0.497 e. The van der Waals surface area contributed by atoms with Crippen molar-refractivity contribution in [3.63, 3.8) is 0 Å². The summed E-state index contributed by atoms with van der Waals surface area (Å²) in [4.78, 5) is 13.7. The molecular weight excluding hydrogens is 242 g/mol. The van der Waals surface area contributed by atoms with E-state index in [4.69, 9.17) is 4.74 Å². The monoisotopic (exact) mass is 263 g/mol. The summed E-state index contributed by atoms with van der Waals surface area (Å²) in [5.74, 6) is 0.820. The lowest BCUT2D eigenvalue weighted by Crippen LogP contribution is -2.30. The van der Waals surface area contributed by atoms with E-state index < -0.39 is 0 Å². The molecule has 1 saturated heterocycles. The number of nitrogens with one attached hydrogen (secondary N) is 2. The average Bonchev–Trinajstić information content (AvgIpc) is 2.81. The smallest absolute Gasteiger partial charge is 0.318 e. The Morgan fingerprint density at radius 1 is 1.53 bits per heavy atom. The van der Waals surface area contributed by atoms with Crippen LogP contribution in [0.1, 0.15) is 18.0 Å². The number of rotatable bonds is 6. The number of carbonyl (C=O) groups is 1. The van der Waals surface area contributed by atoms with E-state index in [1.54, 1.807) is 7.11 Å². The SMILES string of the molecule is CNCCCN1CC(c2cccc(OC)c2)NC1=O. The molecule has 2 amide bonds. The Balaban J connectivity index is 1.97. The Bertz CT molecular complexity index is 436. The van der Waals surface area contributed by atoms with Gasteiger partial charge in [0.2, 0.25) is 0 Å². The standard InChI is InChI=1S/C14H21N3O2/c1-15-7-4-8-17-10-13(16-14(17)18)11-5-3-6-12(9-11)19-2/h3,5-6,9,13,15H,4,7-8,10H2,1-2H3,(H,16,18). The molecule has 0 bridgehead atoms. The molecule has 104 valence electrons. The number of hydrogen-bond acceptors (Lipinski definition) is 3. The molecule has 2 N–H and O–H groups in total. The Morgan fingerprint density at radius 2 is 2.37 bits per heavy atom. The highest BCUT2D eigenvalue weighted by Gasteiger charge is 2.29. The Labute approximate surface area is 113 Å². The van der Waals surface area contributed by atoms with Crippen LogP contribution in [0.3, 0.4) is 0 Å². The topological polar surface area (TPSA) is 53.6 Å². The van der Waals surface area contributed by atoms with E-state index in [0.717, 1.165) is 37.4 Å². The van der Waals surface area contributed by atoms with Crippen LogP contribution in [0.15, 0.2) is 24.3 Å². The molecule has 1 aromatic carbocycles. The number of methoxy groups -OCH3 is 1. The predicted octanol–water partition coefficient (Wildman–Crippen LogP) is 1.37. The fourth-order valence-electron chi connectivity index (χ4n) is 2.28. The van der Waals surface area contributed by atoms with Crippen LogP contribution < -0.4 is 15.4 Å². The molecule has 0 aromatic heterocycles. The highest BCUT2D eigenvalue weighted by molar-refractivity contribution is 5.77. The summed E-state index contributed by atoms with van der Waals surface area (Å²) in [7, 11) is 3.57. The quantitative estimate of drug-likeness (QED) is 0.762. The number of nitrogens with zero attached hydrogens (tertiary/aromatic N) is 1. The van der Waals surface area contributed by atoms with Crippen LogP contribution in [0.2, 0.25) is 0 Å². The lowest BCUT2D eigenvalue weighted by atomic mass is 10.1. The number of benzene rings is 1. The van der Waals surface area contributed by atoms with Crippen LogP contribution in [-0.4, -0.2) is 44.7 Å². The molecule has 1 unspecified atom stereocenters. The third-order valence-electron chi connectivity index (χ3n) is 3.34. The lowest BCUT2D eigenvalue weighted by Gasteiger charge is -2.14. The van der Waals surface area contributed by atoms with Crippen molar-refractivity contribution in [2.45, 2.75) is 12.5 Å². The van der Waals surface area contributed by atoms with Gasteiger partial charge < -0.3 is 20.3 Å². The first-order chi connectivity index (χ1) is 9.24. The molecule has 1 aliphatic heterocycles. The van der Waals surface area contributed by atoms with Crippen LogP contribution in [0, 0.1) is 0 Å². The highest BCUT2D eigenvalue weighted by Crippen LogP contribution is 2.23. The summed E-state index contributed by atoms with van der Waals surface area (Å²) in [5.41, 5.74) is 1.09. The fourth-order valence-corrected chi connectivity index (χ4v) is 2.28. The average molecular weight is 263 g/mol. The molecule has 1 heterocycles. The maximum atomic E-state index is 11.9. The molecule has 0 radical (unpaired) electrons. The molecular formula is C14H21N3O2. The number of amides is 2. The van der Waals surface area contributed by atoms with E-state index in [2.05, 4.69) is 10.6 Å². The van der Waals surface area contributed by atoms with Crippen LogP contribution in [-0.2, 0) is 0 Å². The number of urea groups is 1. The van der Waals surface area contributed by atoms with Crippen LogP contribution in [0.25, 0.3) is 0 Å². The minimum absolute atomic E-state index is 0.0175. The van der Waals surface area contributed by atoms with Gasteiger partial charge in [0.15, 0.2) is 0 Å². The van der Waals surface area contributed by atoms with Crippen molar-refractivity contribution >= 4 is 6.03 Å². The number of ether oxygens (including phenoxy) is 1. The van der Waals surface area contributed by atoms with Crippen molar-refractivity contribution in [3.05, 3.63) is 29.8 Å². The van der Waals surface area contributed by atoms with Gasteiger partial charge in [0, 0.05) is 13.1 Å². The van der Waals surface area contributed by atoms with Crippen LogP contribution in [0.4, 0.5) is 4.79 Å². The van der Waals surface area contributed by atoms with Crippen molar-refractivity contribution in [1.29, 1.82) is 0 Å². The molecule has 0 aliphatic carbocycles. The van der Waals surface area contributed by atoms with Gasteiger partial charge in [-0.1, -0.05) is 12.1 Å². The van der Waals surface area contributed by atoms with Gasteiger partial charge in [-0.3, -0.25) is 0 Å². The molecule has 0 saturated carbocycles. The lowest BCUT2D eigenvalue weighted by molar-refractivity contribution is 0.217. The summed E-state index contributed by atoms with van der Waals surface area (Å²) in [6, 6.07) is 7.92. The molecule has 5 heteroatoms.